The smallest absolute Gasteiger partial charge is 0.339 e. The van der Waals surface area contributed by atoms with Crippen LogP contribution in [0.15, 0.2) is 30.3 Å². The Bertz CT molecular complexity index is 1030. The molecule has 0 bridgehead atoms. The van der Waals surface area contributed by atoms with E-state index in [4.69, 9.17) is 21.1 Å². The highest BCUT2D eigenvalue weighted by molar-refractivity contribution is 7.19. The summed E-state index contributed by atoms with van der Waals surface area (Å²) in [6.45, 7) is 11.9. The Kier molecular flexibility index (Phi) is 6.32. The number of aryl methyl sites for hydroxylation is 2. The first kappa shape index (κ1) is 21.8. The van der Waals surface area contributed by atoms with Gasteiger partial charge in [0.15, 0.2) is 6.10 Å². The van der Waals surface area contributed by atoms with Gasteiger partial charge >= 0.3 is 5.97 Å². The molecule has 29 heavy (non-hydrogen) atoms. The number of rotatable bonds is 5. The first-order chi connectivity index (χ1) is 13.6. The molecule has 0 saturated heterocycles. The number of benzene rings is 2. The molecule has 1 aromatic heterocycles. The van der Waals surface area contributed by atoms with Gasteiger partial charge in [-0.15, -0.1) is 11.3 Å². The van der Waals surface area contributed by atoms with Crippen molar-refractivity contribution in [2.45, 2.75) is 53.2 Å². The fraction of sp³-hybridized carbons (Fsp3) is 0.391. The van der Waals surface area contributed by atoms with Gasteiger partial charge in [-0.25, -0.2) is 9.78 Å². The van der Waals surface area contributed by atoms with E-state index in [0.29, 0.717) is 11.6 Å². The average Bonchev–Trinajstić information content (AvgIpc) is 2.98. The molecular formula is C23H26ClNO3S. The number of esters is 1. The molecule has 3 rings (SSSR count). The Morgan fingerprint density at radius 3 is 2.45 bits per heavy atom. The normalized spacial score (nSPS) is 12.9. The molecular weight excluding hydrogens is 406 g/mol. The van der Waals surface area contributed by atoms with Crippen LogP contribution >= 0.6 is 22.9 Å². The molecule has 0 N–H and O–H groups in total. The highest BCUT2D eigenvalue weighted by Crippen LogP contribution is 2.42. The van der Waals surface area contributed by atoms with Gasteiger partial charge in [0.1, 0.15) is 0 Å². The Labute approximate surface area is 180 Å². The van der Waals surface area contributed by atoms with Gasteiger partial charge in [-0.3, -0.25) is 0 Å². The molecule has 1 atom stereocenters. The van der Waals surface area contributed by atoms with E-state index in [1.54, 1.807) is 18.3 Å². The lowest BCUT2D eigenvalue weighted by atomic mass is 9.91. The highest BCUT2D eigenvalue weighted by atomic mass is 35.5. The van der Waals surface area contributed by atoms with E-state index in [-0.39, 0.29) is 5.97 Å². The Hall–Kier alpha value is -1.95. The number of carbonyl (C=O) groups excluding carboxylic acids is 1. The van der Waals surface area contributed by atoms with Crippen LogP contribution in [0.3, 0.4) is 0 Å². The van der Waals surface area contributed by atoms with Gasteiger partial charge in [0.05, 0.1) is 27.4 Å². The summed E-state index contributed by atoms with van der Waals surface area (Å²) in [5.74, 6) is -0.388. The third-order valence-corrected chi connectivity index (χ3v) is 5.66. The maximum absolute atomic E-state index is 13.0. The molecule has 0 amide bonds. The molecule has 2 aromatic carbocycles. The first-order valence-electron chi connectivity index (χ1n) is 9.61. The summed E-state index contributed by atoms with van der Waals surface area (Å²) in [6, 6.07) is 9.66. The summed E-state index contributed by atoms with van der Waals surface area (Å²) in [5, 5.41) is 1.63. The molecule has 154 valence electrons. The molecule has 0 aliphatic carbocycles. The Balaban J connectivity index is 2.34. The zero-order chi connectivity index (χ0) is 21.3. The second kappa shape index (κ2) is 8.42. The zero-order valence-corrected chi connectivity index (χ0v) is 19.2. The molecule has 0 saturated carbocycles. The molecule has 1 heterocycles. The fourth-order valence-corrected chi connectivity index (χ4v) is 4.46. The largest absolute Gasteiger partial charge is 0.464 e. The quantitative estimate of drug-likeness (QED) is 0.424. The number of halogens is 1. The van der Waals surface area contributed by atoms with E-state index < -0.39 is 11.7 Å². The van der Waals surface area contributed by atoms with Gasteiger partial charge in [-0.2, -0.15) is 0 Å². The molecule has 3 aromatic rings. The zero-order valence-electron chi connectivity index (χ0n) is 17.6. The number of hydrogen-bond acceptors (Lipinski definition) is 5. The molecule has 0 radical (unpaired) electrons. The van der Waals surface area contributed by atoms with Crippen LogP contribution in [0.5, 0.6) is 0 Å². The van der Waals surface area contributed by atoms with E-state index in [2.05, 4.69) is 4.98 Å². The minimum Gasteiger partial charge on any atom is -0.464 e. The van der Waals surface area contributed by atoms with E-state index >= 15 is 0 Å². The second-order valence-corrected chi connectivity index (χ2v) is 9.57. The topological polar surface area (TPSA) is 48.4 Å². The van der Waals surface area contributed by atoms with Crippen LogP contribution in [0.25, 0.3) is 21.3 Å². The standard InChI is InChI=1S/C23H26ClNO3S/c1-7-27-22(26)20(28-23(4,5)6)18-13(2)12-17-21(29-14(3)25-17)19(18)15-8-10-16(24)11-9-15/h8-12,20H,7H2,1-6H3. The predicted molar refractivity (Wildman–Crippen MR) is 120 cm³/mol. The molecule has 1 unspecified atom stereocenters. The van der Waals surface area contributed by atoms with Crippen molar-refractivity contribution in [1.29, 1.82) is 0 Å². The number of nitrogens with zero attached hydrogens (tertiary/aromatic N) is 1. The Morgan fingerprint density at radius 2 is 1.86 bits per heavy atom. The minimum atomic E-state index is -0.840. The third kappa shape index (κ3) is 4.80. The second-order valence-electron chi connectivity index (χ2n) is 7.93. The lowest BCUT2D eigenvalue weighted by molar-refractivity contribution is -0.166. The van der Waals surface area contributed by atoms with Gasteiger partial charge in [0.25, 0.3) is 0 Å². The van der Waals surface area contributed by atoms with Crippen molar-refractivity contribution in [2.75, 3.05) is 6.61 Å². The molecule has 4 nitrogen and oxygen atoms in total. The number of ether oxygens (including phenoxy) is 2. The molecule has 0 spiro atoms. The van der Waals surface area contributed by atoms with Crippen molar-refractivity contribution < 1.29 is 14.3 Å². The number of hydrogen-bond donors (Lipinski definition) is 0. The number of carbonyl (C=O) groups is 1. The van der Waals surface area contributed by atoms with Crippen LogP contribution in [0, 0.1) is 13.8 Å². The van der Waals surface area contributed by atoms with Crippen LogP contribution < -0.4 is 0 Å². The van der Waals surface area contributed by atoms with E-state index in [1.807, 2.05) is 65.0 Å². The van der Waals surface area contributed by atoms with Crippen molar-refractivity contribution in [2.24, 2.45) is 0 Å². The summed E-state index contributed by atoms with van der Waals surface area (Å²) < 4.78 is 12.7. The van der Waals surface area contributed by atoms with Gasteiger partial charge in [-0.1, -0.05) is 23.7 Å². The van der Waals surface area contributed by atoms with Crippen LogP contribution in [0.2, 0.25) is 5.02 Å². The van der Waals surface area contributed by atoms with Crippen molar-refractivity contribution in [3.8, 4) is 11.1 Å². The van der Waals surface area contributed by atoms with Gasteiger partial charge < -0.3 is 9.47 Å². The summed E-state index contributed by atoms with van der Waals surface area (Å²) in [4.78, 5) is 17.6. The molecule has 6 heteroatoms. The van der Waals surface area contributed by atoms with E-state index in [1.165, 1.54) is 0 Å². The monoisotopic (exact) mass is 431 g/mol. The molecule has 0 aliphatic heterocycles. The van der Waals surface area contributed by atoms with Crippen LogP contribution in [0.4, 0.5) is 0 Å². The summed E-state index contributed by atoms with van der Waals surface area (Å²) >= 11 is 7.73. The maximum Gasteiger partial charge on any atom is 0.339 e. The van der Waals surface area contributed by atoms with Gasteiger partial charge in [-0.05, 0) is 70.9 Å². The summed E-state index contributed by atoms with van der Waals surface area (Å²) in [6.07, 6.45) is -0.840. The lowest BCUT2D eigenvalue weighted by Crippen LogP contribution is -2.29. The molecule has 0 aliphatic rings. The summed E-state index contributed by atoms with van der Waals surface area (Å²) in [5.41, 5.74) is 4.06. The van der Waals surface area contributed by atoms with Crippen molar-refractivity contribution in [3.05, 3.63) is 51.5 Å². The number of aromatic nitrogens is 1. The van der Waals surface area contributed by atoms with Crippen molar-refractivity contribution >= 4 is 39.1 Å². The van der Waals surface area contributed by atoms with Crippen LogP contribution in [-0.2, 0) is 14.3 Å². The highest BCUT2D eigenvalue weighted by Gasteiger charge is 2.33. The predicted octanol–water partition coefficient (Wildman–Crippen LogP) is 6.65. The maximum atomic E-state index is 13.0. The Morgan fingerprint density at radius 1 is 1.21 bits per heavy atom. The fourth-order valence-electron chi connectivity index (χ4n) is 3.36. The van der Waals surface area contributed by atoms with Crippen molar-refractivity contribution in [3.63, 3.8) is 0 Å². The average molecular weight is 432 g/mol. The van der Waals surface area contributed by atoms with Gasteiger partial charge in [0.2, 0.25) is 0 Å². The molecule has 0 fully saturated rings. The summed E-state index contributed by atoms with van der Waals surface area (Å²) in [7, 11) is 0. The first-order valence-corrected chi connectivity index (χ1v) is 10.8. The van der Waals surface area contributed by atoms with E-state index in [9.17, 15) is 4.79 Å². The number of thiazole rings is 1. The van der Waals surface area contributed by atoms with Crippen LogP contribution in [0.1, 0.15) is 49.9 Å². The number of fused-ring (bicyclic) bond motifs is 1. The van der Waals surface area contributed by atoms with Crippen molar-refractivity contribution in [1.82, 2.24) is 4.98 Å². The van der Waals surface area contributed by atoms with Gasteiger partial charge in [0, 0.05) is 16.1 Å². The SMILES string of the molecule is CCOC(=O)C(OC(C)(C)C)c1c(C)cc2nc(C)sc2c1-c1ccc(Cl)cc1. The third-order valence-electron chi connectivity index (χ3n) is 4.40. The lowest BCUT2D eigenvalue weighted by Gasteiger charge is -2.29. The minimum absolute atomic E-state index is 0.292. The van der Waals surface area contributed by atoms with E-state index in [0.717, 1.165) is 37.5 Å². The van der Waals surface area contributed by atoms with Crippen LogP contribution in [-0.4, -0.2) is 23.2 Å².